The summed E-state index contributed by atoms with van der Waals surface area (Å²) in [4.78, 5) is 15.0. The summed E-state index contributed by atoms with van der Waals surface area (Å²) in [5.74, 6) is 1.48. The van der Waals surface area contributed by atoms with Crippen LogP contribution in [0.1, 0.15) is 41.5 Å². The monoisotopic (exact) mass is 451 g/mol. The summed E-state index contributed by atoms with van der Waals surface area (Å²) in [6, 6.07) is 26.9. The standard InChI is InChI=1S/C30H29NO3/c1-4-31-26-15-13-21-10-7-8-12-24(21)30(26)25(18-29(31)32)22-14-16-27(28(17-22)33-3)34-19-23-11-6-5-9-20(23)2/h5-17,25H,4,18-19H2,1-3H3. The third kappa shape index (κ3) is 3.90. The first-order valence-electron chi connectivity index (χ1n) is 11.8. The summed E-state index contributed by atoms with van der Waals surface area (Å²) in [5, 5.41) is 2.37. The van der Waals surface area contributed by atoms with Crippen molar-refractivity contribution in [1.29, 1.82) is 0 Å². The lowest BCUT2D eigenvalue weighted by Gasteiger charge is -2.35. The van der Waals surface area contributed by atoms with Gasteiger partial charge in [0.15, 0.2) is 11.5 Å². The Morgan fingerprint density at radius 3 is 2.53 bits per heavy atom. The number of fused-ring (bicyclic) bond motifs is 3. The highest BCUT2D eigenvalue weighted by atomic mass is 16.5. The molecule has 0 fully saturated rings. The van der Waals surface area contributed by atoms with E-state index >= 15 is 0 Å². The molecule has 4 aromatic rings. The lowest BCUT2D eigenvalue weighted by Crippen LogP contribution is -2.36. The molecule has 4 heteroatoms. The first-order chi connectivity index (χ1) is 16.6. The fourth-order valence-electron chi connectivity index (χ4n) is 4.99. The van der Waals surface area contributed by atoms with Crippen molar-refractivity contribution in [2.24, 2.45) is 0 Å². The number of rotatable bonds is 6. The van der Waals surface area contributed by atoms with E-state index in [1.807, 2.05) is 36.1 Å². The number of aryl methyl sites for hydroxylation is 1. The van der Waals surface area contributed by atoms with Gasteiger partial charge >= 0.3 is 0 Å². The van der Waals surface area contributed by atoms with E-state index < -0.39 is 0 Å². The Bertz CT molecular complexity index is 1360. The summed E-state index contributed by atoms with van der Waals surface area (Å²) in [6.45, 7) is 5.25. The van der Waals surface area contributed by atoms with Crippen LogP contribution in [0.15, 0.2) is 78.9 Å². The second kappa shape index (κ2) is 9.22. The molecule has 1 heterocycles. The highest BCUT2D eigenvalue weighted by Gasteiger charge is 2.33. The third-order valence-electron chi connectivity index (χ3n) is 6.82. The van der Waals surface area contributed by atoms with Gasteiger partial charge < -0.3 is 14.4 Å². The number of hydrogen-bond acceptors (Lipinski definition) is 3. The van der Waals surface area contributed by atoms with Gasteiger partial charge in [-0.2, -0.15) is 0 Å². The van der Waals surface area contributed by atoms with Gasteiger partial charge in [-0.15, -0.1) is 0 Å². The predicted octanol–water partition coefficient (Wildman–Crippen LogP) is 6.62. The second-order valence-corrected chi connectivity index (χ2v) is 8.74. The average Bonchev–Trinajstić information content (AvgIpc) is 2.87. The van der Waals surface area contributed by atoms with Crippen molar-refractivity contribution in [2.75, 3.05) is 18.6 Å². The van der Waals surface area contributed by atoms with Crippen molar-refractivity contribution in [2.45, 2.75) is 32.8 Å². The van der Waals surface area contributed by atoms with Gasteiger partial charge in [-0.05, 0) is 65.1 Å². The molecule has 1 atom stereocenters. The SMILES string of the molecule is CCN1C(=O)CC(c2ccc(OCc3ccccc3C)c(OC)c2)c2c1ccc1ccccc21. The Morgan fingerprint density at radius 1 is 0.941 bits per heavy atom. The van der Waals surface area contributed by atoms with E-state index in [0.717, 1.165) is 16.8 Å². The summed E-state index contributed by atoms with van der Waals surface area (Å²) in [7, 11) is 1.66. The Balaban J connectivity index is 1.54. The molecule has 4 aromatic carbocycles. The van der Waals surface area contributed by atoms with Crippen molar-refractivity contribution in [3.8, 4) is 11.5 Å². The Hall–Kier alpha value is -3.79. The average molecular weight is 452 g/mol. The van der Waals surface area contributed by atoms with Crippen molar-refractivity contribution >= 4 is 22.4 Å². The van der Waals surface area contributed by atoms with Gasteiger partial charge in [0.25, 0.3) is 0 Å². The van der Waals surface area contributed by atoms with Crippen LogP contribution in [0.3, 0.4) is 0 Å². The lowest BCUT2D eigenvalue weighted by molar-refractivity contribution is -0.119. The number of benzene rings is 4. The van der Waals surface area contributed by atoms with Crippen LogP contribution in [0.2, 0.25) is 0 Å². The van der Waals surface area contributed by atoms with Crippen LogP contribution in [-0.4, -0.2) is 19.6 Å². The molecule has 1 amide bonds. The van der Waals surface area contributed by atoms with Crippen LogP contribution < -0.4 is 14.4 Å². The molecular weight excluding hydrogens is 422 g/mol. The van der Waals surface area contributed by atoms with Crippen LogP contribution in [0.5, 0.6) is 11.5 Å². The Morgan fingerprint density at radius 2 is 1.74 bits per heavy atom. The van der Waals surface area contributed by atoms with Crippen molar-refractivity contribution in [3.63, 3.8) is 0 Å². The number of carbonyl (C=O) groups excluding carboxylic acids is 1. The zero-order chi connectivity index (χ0) is 23.7. The number of nitrogens with zero attached hydrogens (tertiary/aromatic N) is 1. The molecule has 0 bridgehead atoms. The molecule has 0 aromatic heterocycles. The quantitative estimate of drug-likeness (QED) is 0.330. The predicted molar refractivity (Wildman–Crippen MR) is 137 cm³/mol. The first-order valence-corrected chi connectivity index (χ1v) is 11.8. The van der Waals surface area contributed by atoms with Crippen LogP contribution in [0.25, 0.3) is 10.8 Å². The number of hydrogen-bond donors (Lipinski definition) is 0. The van der Waals surface area contributed by atoms with Gasteiger partial charge in [0.05, 0.1) is 7.11 Å². The maximum absolute atomic E-state index is 13.1. The molecule has 1 unspecified atom stereocenters. The fraction of sp³-hybridized carbons (Fsp3) is 0.233. The Labute approximate surface area is 200 Å². The molecule has 172 valence electrons. The molecular formula is C30H29NO3. The van der Waals surface area contributed by atoms with Crippen molar-refractivity contribution in [3.05, 3.63) is 101 Å². The lowest BCUT2D eigenvalue weighted by atomic mass is 9.81. The van der Waals surface area contributed by atoms with E-state index in [1.54, 1.807) is 7.11 Å². The van der Waals surface area contributed by atoms with E-state index in [9.17, 15) is 4.79 Å². The van der Waals surface area contributed by atoms with Crippen LogP contribution in [0, 0.1) is 6.92 Å². The molecule has 0 radical (unpaired) electrons. The first kappa shape index (κ1) is 22.0. The maximum Gasteiger partial charge on any atom is 0.227 e. The zero-order valence-electron chi connectivity index (χ0n) is 19.9. The van der Waals surface area contributed by atoms with Crippen molar-refractivity contribution in [1.82, 2.24) is 0 Å². The van der Waals surface area contributed by atoms with Gasteiger partial charge in [0, 0.05) is 24.6 Å². The van der Waals surface area contributed by atoms with Crippen LogP contribution >= 0.6 is 0 Å². The highest BCUT2D eigenvalue weighted by Crippen LogP contribution is 2.45. The molecule has 1 aliphatic heterocycles. The van der Waals surface area contributed by atoms with E-state index in [4.69, 9.17) is 9.47 Å². The molecule has 34 heavy (non-hydrogen) atoms. The van der Waals surface area contributed by atoms with E-state index in [-0.39, 0.29) is 11.8 Å². The Kier molecular flexibility index (Phi) is 5.97. The summed E-state index contributed by atoms with van der Waals surface area (Å²) in [5.41, 5.74) is 5.60. The van der Waals surface area contributed by atoms with E-state index in [1.165, 1.54) is 21.9 Å². The second-order valence-electron chi connectivity index (χ2n) is 8.74. The van der Waals surface area contributed by atoms with Gasteiger partial charge in [0.2, 0.25) is 5.91 Å². The van der Waals surface area contributed by atoms with E-state index in [0.29, 0.717) is 31.1 Å². The smallest absolute Gasteiger partial charge is 0.227 e. The molecule has 0 N–H and O–H groups in total. The minimum Gasteiger partial charge on any atom is -0.493 e. The molecule has 0 saturated heterocycles. The molecule has 5 rings (SSSR count). The minimum atomic E-state index is -0.0456. The number of carbonyl (C=O) groups is 1. The van der Waals surface area contributed by atoms with Crippen LogP contribution in [0.4, 0.5) is 5.69 Å². The molecule has 4 nitrogen and oxygen atoms in total. The normalized spacial score (nSPS) is 15.3. The van der Waals surface area contributed by atoms with Gasteiger partial charge in [-0.25, -0.2) is 0 Å². The van der Waals surface area contributed by atoms with Gasteiger partial charge in [-0.3, -0.25) is 4.79 Å². The van der Waals surface area contributed by atoms with Crippen LogP contribution in [-0.2, 0) is 11.4 Å². The third-order valence-corrected chi connectivity index (χ3v) is 6.82. The summed E-state index contributed by atoms with van der Waals surface area (Å²) >= 11 is 0. The number of methoxy groups -OCH3 is 1. The zero-order valence-corrected chi connectivity index (χ0v) is 19.9. The van der Waals surface area contributed by atoms with Gasteiger partial charge in [0.1, 0.15) is 6.61 Å². The highest BCUT2D eigenvalue weighted by molar-refractivity contribution is 6.03. The summed E-state index contributed by atoms with van der Waals surface area (Å²) in [6.07, 6.45) is 0.432. The molecule has 1 aliphatic rings. The molecule has 0 aliphatic carbocycles. The minimum absolute atomic E-state index is 0.0456. The number of amides is 1. The summed E-state index contributed by atoms with van der Waals surface area (Å²) < 4.78 is 11.9. The fourth-order valence-corrected chi connectivity index (χ4v) is 4.99. The number of anilines is 1. The largest absolute Gasteiger partial charge is 0.493 e. The topological polar surface area (TPSA) is 38.8 Å². The van der Waals surface area contributed by atoms with Gasteiger partial charge in [-0.1, -0.05) is 60.7 Å². The number of ether oxygens (including phenoxy) is 2. The molecule has 0 saturated carbocycles. The van der Waals surface area contributed by atoms with E-state index in [2.05, 4.69) is 61.5 Å². The molecule has 0 spiro atoms. The maximum atomic E-state index is 13.1. The van der Waals surface area contributed by atoms with Crippen molar-refractivity contribution < 1.29 is 14.3 Å².